The molecule has 6 heteroatoms. The van der Waals surface area contributed by atoms with E-state index in [1.807, 2.05) is 20.8 Å². The summed E-state index contributed by atoms with van der Waals surface area (Å²) in [5.74, 6) is -0.420. The Balaban J connectivity index is 1.72. The second-order valence-corrected chi connectivity index (χ2v) is 11.2. The van der Waals surface area contributed by atoms with Crippen molar-refractivity contribution in [1.29, 1.82) is 0 Å². The maximum absolute atomic E-state index is 13.1. The van der Waals surface area contributed by atoms with Crippen LogP contribution in [0.3, 0.4) is 0 Å². The highest BCUT2D eigenvalue weighted by Crippen LogP contribution is 2.66. The molecule has 4 aliphatic rings. The Morgan fingerprint density at radius 1 is 0.786 bits per heavy atom. The highest BCUT2D eigenvalue weighted by Gasteiger charge is 2.64. The molecule has 0 aliphatic heterocycles. The minimum Gasteiger partial charge on any atom is -0.460 e. The minimum atomic E-state index is -0.678. The van der Waals surface area contributed by atoms with E-state index >= 15 is 0 Å². The Kier molecular flexibility index (Phi) is 5.08. The first kappa shape index (κ1) is 21.1. The molecule has 6 nitrogen and oxygen atoms in total. The van der Waals surface area contributed by atoms with Gasteiger partial charge in [-0.25, -0.2) is 4.79 Å². The molecule has 0 radical (unpaired) electrons. The zero-order valence-corrected chi connectivity index (χ0v) is 18.1. The van der Waals surface area contributed by atoms with Gasteiger partial charge in [-0.3, -0.25) is 9.59 Å². The summed E-state index contributed by atoms with van der Waals surface area (Å²) in [6.45, 7) is 10.6. The van der Waals surface area contributed by atoms with Gasteiger partial charge in [-0.15, -0.1) is 0 Å². The molecule has 158 valence electrons. The maximum atomic E-state index is 13.1. The predicted octanol–water partition coefficient (Wildman–Crippen LogP) is 3.80. The van der Waals surface area contributed by atoms with Crippen molar-refractivity contribution in [2.24, 2.45) is 22.7 Å². The molecule has 4 fully saturated rings. The van der Waals surface area contributed by atoms with E-state index in [0.717, 1.165) is 32.1 Å². The highest BCUT2D eigenvalue weighted by atomic mass is 16.6. The lowest BCUT2D eigenvalue weighted by Gasteiger charge is -2.59. The van der Waals surface area contributed by atoms with Gasteiger partial charge in [0, 0.05) is 0 Å². The standard InChI is InChI=1S/C22H34O6/c1-19(2,3)27-16(23)12-26-17(24)21-8-14-7-15(9-21)11-22(10-14,13-21)18(25)28-20(4,5)6/h14-15H,7-13H2,1-6H3. The van der Waals surface area contributed by atoms with Gasteiger partial charge in [0.25, 0.3) is 0 Å². The third-order valence-corrected chi connectivity index (χ3v) is 6.07. The Labute approximate surface area is 167 Å². The molecular weight excluding hydrogens is 360 g/mol. The summed E-state index contributed by atoms with van der Waals surface area (Å²) < 4.78 is 16.4. The first-order chi connectivity index (χ1) is 12.7. The lowest BCUT2D eigenvalue weighted by Crippen LogP contribution is -2.58. The fourth-order valence-corrected chi connectivity index (χ4v) is 5.78. The highest BCUT2D eigenvalue weighted by molar-refractivity contribution is 5.84. The molecule has 28 heavy (non-hydrogen) atoms. The summed E-state index contributed by atoms with van der Waals surface area (Å²) in [5.41, 5.74) is -2.44. The lowest BCUT2D eigenvalue weighted by molar-refractivity contribution is -0.202. The van der Waals surface area contributed by atoms with Crippen LogP contribution in [0.15, 0.2) is 0 Å². The molecule has 0 spiro atoms. The summed E-state index contributed by atoms with van der Waals surface area (Å²) in [7, 11) is 0. The SMILES string of the molecule is CC(C)(C)OC(=O)COC(=O)C12CC3CC(C1)CC(C(=O)OC(C)(C)C)(C3)C2. The zero-order valence-electron chi connectivity index (χ0n) is 18.1. The van der Waals surface area contributed by atoms with Gasteiger partial charge in [-0.1, -0.05) is 0 Å². The van der Waals surface area contributed by atoms with Crippen LogP contribution >= 0.6 is 0 Å². The van der Waals surface area contributed by atoms with Crippen LogP contribution in [0.5, 0.6) is 0 Å². The number of esters is 3. The first-order valence-electron chi connectivity index (χ1n) is 10.3. The maximum Gasteiger partial charge on any atom is 0.344 e. The van der Waals surface area contributed by atoms with Gasteiger partial charge in [0.15, 0.2) is 6.61 Å². The molecular formula is C22H34O6. The average Bonchev–Trinajstić information content (AvgIpc) is 2.48. The van der Waals surface area contributed by atoms with Gasteiger partial charge in [-0.2, -0.15) is 0 Å². The second kappa shape index (κ2) is 6.74. The van der Waals surface area contributed by atoms with Crippen molar-refractivity contribution in [2.75, 3.05) is 6.61 Å². The van der Waals surface area contributed by atoms with E-state index in [2.05, 4.69) is 0 Å². The fourth-order valence-electron chi connectivity index (χ4n) is 5.78. The van der Waals surface area contributed by atoms with E-state index in [1.54, 1.807) is 20.8 Å². The van der Waals surface area contributed by atoms with Crippen LogP contribution in [0.1, 0.15) is 80.1 Å². The van der Waals surface area contributed by atoms with Crippen molar-refractivity contribution in [2.45, 2.75) is 91.3 Å². The number of hydrogen-bond donors (Lipinski definition) is 0. The molecule has 0 aromatic rings. The summed E-state index contributed by atoms with van der Waals surface area (Å²) in [5, 5.41) is 0. The van der Waals surface area contributed by atoms with Gasteiger partial charge < -0.3 is 14.2 Å². The molecule has 0 aromatic heterocycles. The smallest absolute Gasteiger partial charge is 0.344 e. The molecule has 2 atom stereocenters. The fraction of sp³-hybridized carbons (Fsp3) is 0.864. The number of rotatable bonds is 4. The number of carbonyl (C=O) groups is 3. The van der Waals surface area contributed by atoms with Crippen LogP contribution in [0, 0.1) is 22.7 Å². The molecule has 0 N–H and O–H groups in total. The van der Waals surface area contributed by atoms with Crippen molar-refractivity contribution < 1.29 is 28.6 Å². The van der Waals surface area contributed by atoms with E-state index in [4.69, 9.17) is 14.2 Å². The minimum absolute atomic E-state index is 0.182. The number of hydrogen-bond acceptors (Lipinski definition) is 6. The normalized spacial score (nSPS) is 34.1. The van der Waals surface area contributed by atoms with Crippen molar-refractivity contribution in [1.82, 2.24) is 0 Å². The summed E-state index contributed by atoms with van der Waals surface area (Å²) in [4.78, 5) is 38.0. The van der Waals surface area contributed by atoms with E-state index in [9.17, 15) is 14.4 Å². The predicted molar refractivity (Wildman–Crippen MR) is 102 cm³/mol. The van der Waals surface area contributed by atoms with Gasteiger partial charge in [0.2, 0.25) is 0 Å². The third-order valence-electron chi connectivity index (χ3n) is 6.07. The summed E-state index contributed by atoms with van der Waals surface area (Å²) in [6.07, 6.45) is 4.59. The van der Waals surface area contributed by atoms with E-state index in [1.165, 1.54) is 0 Å². The molecule has 4 aliphatic carbocycles. The molecule has 0 saturated heterocycles. The van der Waals surface area contributed by atoms with Crippen molar-refractivity contribution >= 4 is 17.9 Å². The number of ether oxygens (including phenoxy) is 3. The van der Waals surface area contributed by atoms with E-state index in [0.29, 0.717) is 18.3 Å². The molecule has 2 unspecified atom stereocenters. The van der Waals surface area contributed by atoms with Crippen LogP contribution < -0.4 is 0 Å². The third kappa shape index (κ3) is 4.36. The topological polar surface area (TPSA) is 78.9 Å². The molecule has 0 aromatic carbocycles. The van der Waals surface area contributed by atoms with Crippen LogP contribution in [0.2, 0.25) is 0 Å². The quantitative estimate of drug-likeness (QED) is 0.533. The monoisotopic (exact) mass is 394 g/mol. The van der Waals surface area contributed by atoms with Gasteiger partial charge in [0.1, 0.15) is 11.2 Å². The first-order valence-corrected chi connectivity index (χ1v) is 10.3. The Morgan fingerprint density at radius 2 is 1.25 bits per heavy atom. The molecule has 4 bridgehead atoms. The lowest BCUT2D eigenvalue weighted by atomic mass is 9.44. The molecule has 4 saturated carbocycles. The average molecular weight is 395 g/mol. The zero-order chi connectivity index (χ0) is 21.0. The van der Waals surface area contributed by atoms with Crippen molar-refractivity contribution in [3.8, 4) is 0 Å². The van der Waals surface area contributed by atoms with Gasteiger partial charge in [-0.05, 0) is 91.9 Å². The van der Waals surface area contributed by atoms with E-state index in [-0.39, 0.29) is 18.5 Å². The Hall–Kier alpha value is -1.59. The largest absolute Gasteiger partial charge is 0.460 e. The summed E-state index contributed by atoms with van der Waals surface area (Å²) >= 11 is 0. The van der Waals surface area contributed by atoms with Gasteiger partial charge >= 0.3 is 17.9 Å². The van der Waals surface area contributed by atoms with Crippen molar-refractivity contribution in [3.05, 3.63) is 0 Å². The van der Waals surface area contributed by atoms with Crippen LogP contribution in [-0.4, -0.2) is 35.7 Å². The Morgan fingerprint density at radius 3 is 1.71 bits per heavy atom. The van der Waals surface area contributed by atoms with Gasteiger partial charge in [0.05, 0.1) is 10.8 Å². The second-order valence-electron chi connectivity index (χ2n) is 11.2. The van der Waals surface area contributed by atoms with Crippen LogP contribution in [0.25, 0.3) is 0 Å². The Bertz CT molecular complexity index is 651. The van der Waals surface area contributed by atoms with E-state index < -0.39 is 28.0 Å². The molecule has 0 amide bonds. The number of carbonyl (C=O) groups excluding carboxylic acids is 3. The van der Waals surface area contributed by atoms with Crippen molar-refractivity contribution in [3.63, 3.8) is 0 Å². The molecule has 4 rings (SSSR count). The molecule has 0 heterocycles. The van der Waals surface area contributed by atoms with Crippen LogP contribution in [-0.2, 0) is 28.6 Å². The van der Waals surface area contributed by atoms with Crippen LogP contribution in [0.4, 0.5) is 0 Å². The summed E-state index contributed by atoms with van der Waals surface area (Å²) in [6, 6.07) is 0.